The molecule has 2 rings (SSSR count). The Labute approximate surface area is 175 Å². The third-order valence-corrected chi connectivity index (χ3v) is 3.97. The van der Waals surface area contributed by atoms with Gasteiger partial charge in [0.25, 0.3) is 23.2 Å². The number of non-ortho nitro benzene ring substituents is 1. The van der Waals surface area contributed by atoms with Crippen molar-refractivity contribution in [2.45, 2.75) is 19.3 Å². The lowest BCUT2D eigenvalue weighted by Gasteiger charge is -2.12. The van der Waals surface area contributed by atoms with Gasteiger partial charge in [-0.15, -0.1) is 5.06 Å². The minimum Gasteiger partial charge on any atom is -0.378 e. The van der Waals surface area contributed by atoms with E-state index in [1.54, 1.807) is 0 Å². The monoisotopic (exact) mass is 440 g/mol. The Morgan fingerprint density at radius 1 is 1.00 bits per heavy atom. The Balaban J connectivity index is 1.56. The number of carbonyl (C=O) groups excluding carboxylic acids is 3. The number of ether oxygens (including phenoxy) is 2. The lowest BCUT2D eigenvalue weighted by Crippen LogP contribution is -2.32. The van der Waals surface area contributed by atoms with Crippen LogP contribution in [0.3, 0.4) is 0 Å². The zero-order valence-corrected chi connectivity index (χ0v) is 16.3. The molecule has 1 fully saturated rings. The number of nitrogens with zero attached hydrogens (tertiary/aromatic N) is 3. The van der Waals surface area contributed by atoms with E-state index in [2.05, 4.69) is 10.2 Å². The van der Waals surface area contributed by atoms with Gasteiger partial charge in [0.15, 0.2) is 0 Å². The number of benzene rings is 1. The standard InChI is InChI=1S/C17H20N4O10/c22-15-3-4-16(23)19(15)31-17(24)5-7-29-9-10-30-8-6-18-13-2-1-12(20(25)26)11-14(13)21(27)28/h1-2,11,18H,3-10H2. The molecule has 1 aromatic carbocycles. The predicted molar refractivity (Wildman–Crippen MR) is 102 cm³/mol. The van der Waals surface area contributed by atoms with Crippen molar-refractivity contribution in [3.05, 3.63) is 38.4 Å². The summed E-state index contributed by atoms with van der Waals surface area (Å²) < 4.78 is 10.5. The van der Waals surface area contributed by atoms with Gasteiger partial charge in [-0.3, -0.25) is 29.8 Å². The Kier molecular flexibility index (Phi) is 8.78. The van der Waals surface area contributed by atoms with E-state index < -0.39 is 33.3 Å². The first kappa shape index (κ1) is 23.6. The average Bonchev–Trinajstić information content (AvgIpc) is 3.04. The molecule has 1 aliphatic rings. The molecule has 1 aromatic rings. The number of amides is 2. The lowest BCUT2D eigenvalue weighted by atomic mass is 10.2. The molecule has 0 atom stereocenters. The highest BCUT2D eigenvalue weighted by atomic mass is 16.7. The van der Waals surface area contributed by atoms with Crippen molar-refractivity contribution < 1.29 is 38.5 Å². The van der Waals surface area contributed by atoms with Gasteiger partial charge in [0.2, 0.25) is 0 Å². The van der Waals surface area contributed by atoms with Crippen LogP contribution in [-0.2, 0) is 28.7 Å². The van der Waals surface area contributed by atoms with Crippen LogP contribution in [0, 0.1) is 20.2 Å². The number of hydroxylamine groups is 2. The summed E-state index contributed by atoms with van der Waals surface area (Å²) in [5.74, 6) is -1.88. The van der Waals surface area contributed by atoms with Crippen molar-refractivity contribution >= 4 is 34.8 Å². The molecule has 2 amide bonds. The number of rotatable bonds is 13. The van der Waals surface area contributed by atoms with Gasteiger partial charge < -0.3 is 19.6 Å². The van der Waals surface area contributed by atoms with Crippen molar-refractivity contribution in [3.63, 3.8) is 0 Å². The molecule has 0 unspecified atom stereocenters. The number of anilines is 1. The largest absolute Gasteiger partial charge is 0.378 e. The van der Waals surface area contributed by atoms with E-state index in [4.69, 9.17) is 9.47 Å². The van der Waals surface area contributed by atoms with E-state index in [1.807, 2.05) is 0 Å². The summed E-state index contributed by atoms with van der Waals surface area (Å²) in [6.45, 7) is 0.738. The number of hydrogen-bond acceptors (Lipinski definition) is 11. The zero-order chi connectivity index (χ0) is 22.8. The smallest absolute Gasteiger partial charge is 0.335 e. The summed E-state index contributed by atoms with van der Waals surface area (Å²) in [5.41, 5.74) is -0.668. The molecule has 168 valence electrons. The fourth-order valence-corrected chi connectivity index (χ4v) is 2.47. The molecule has 1 saturated heterocycles. The third kappa shape index (κ3) is 7.27. The Morgan fingerprint density at radius 2 is 1.65 bits per heavy atom. The Morgan fingerprint density at radius 3 is 2.26 bits per heavy atom. The zero-order valence-electron chi connectivity index (χ0n) is 16.3. The van der Waals surface area contributed by atoms with Crippen LogP contribution in [0.4, 0.5) is 17.1 Å². The first-order valence-corrected chi connectivity index (χ1v) is 9.18. The van der Waals surface area contributed by atoms with Gasteiger partial charge in [0.05, 0.1) is 48.8 Å². The molecule has 0 aliphatic carbocycles. The highest BCUT2D eigenvalue weighted by molar-refractivity contribution is 6.01. The van der Waals surface area contributed by atoms with Gasteiger partial charge in [-0.25, -0.2) is 4.79 Å². The number of carbonyl (C=O) groups is 3. The molecule has 1 aliphatic heterocycles. The summed E-state index contributed by atoms with van der Waals surface area (Å²) in [6, 6.07) is 3.28. The first-order valence-electron chi connectivity index (χ1n) is 9.18. The van der Waals surface area contributed by atoms with Crippen molar-refractivity contribution in [2.75, 3.05) is 38.3 Å². The molecule has 14 nitrogen and oxygen atoms in total. The quantitative estimate of drug-likeness (QED) is 0.199. The van der Waals surface area contributed by atoms with E-state index in [-0.39, 0.29) is 63.6 Å². The molecule has 31 heavy (non-hydrogen) atoms. The van der Waals surface area contributed by atoms with E-state index in [0.29, 0.717) is 5.06 Å². The van der Waals surface area contributed by atoms with Crippen LogP contribution in [0.2, 0.25) is 0 Å². The first-order chi connectivity index (χ1) is 14.8. The minimum absolute atomic E-state index is 0.00561. The molecule has 14 heteroatoms. The van der Waals surface area contributed by atoms with Crippen LogP contribution in [0.25, 0.3) is 0 Å². The SMILES string of the molecule is O=C(CCOCCOCCNc1ccc([N+](=O)[O-])cc1[N+](=O)[O-])ON1C(=O)CCC1=O. The van der Waals surface area contributed by atoms with E-state index in [1.165, 1.54) is 6.07 Å². The number of nitro groups is 2. The van der Waals surface area contributed by atoms with Crippen LogP contribution in [0.5, 0.6) is 0 Å². The molecule has 1 heterocycles. The van der Waals surface area contributed by atoms with Crippen LogP contribution in [0.15, 0.2) is 18.2 Å². The maximum Gasteiger partial charge on any atom is 0.335 e. The molecule has 0 radical (unpaired) electrons. The molecule has 0 spiro atoms. The summed E-state index contributed by atoms with van der Waals surface area (Å²) in [5, 5.41) is 25.0. The summed E-state index contributed by atoms with van der Waals surface area (Å²) in [6.07, 6.45) is -0.110. The molecular formula is C17H20N4O10. The Bertz CT molecular complexity index is 843. The van der Waals surface area contributed by atoms with E-state index in [9.17, 15) is 34.6 Å². The van der Waals surface area contributed by atoms with E-state index in [0.717, 1.165) is 12.1 Å². The normalized spacial score (nSPS) is 13.4. The van der Waals surface area contributed by atoms with Crippen LogP contribution in [-0.4, -0.2) is 65.7 Å². The van der Waals surface area contributed by atoms with Crippen LogP contribution >= 0.6 is 0 Å². The molecular weight excluding hydrogens is 420 g/mol. The summed E-state index contributed by atoms with van der Waals surface area (Å²) >= 11 is 0. The fourth-order valence-electron chi connectivity index (χ4n) is 2.47. The second kappa shape index (κ2) is 11.5. The highest BCUT2D eigenvalue weighted by Gasteiger charge is 2.32. The summed E-state index contributed by atoms with van der Waals surface area (Å²) in [4.78, 5) is 59.2. The number of nitrogens with one attached hydrogen (secondary N) is 1. The molecule has 1 N–H and O–H groups in total. The van der Waals surface area contributed by atoms with Crippen LogP contribution < -0.4 is 5.32 Å². The van der Waals surface area contributed by atoms with Crippen LogP contribution in [0.1, 0.15) is 19.3 Å². The van der Waals surface area contributed by atoms with Gasteiger partial charge in [0, 0.05) is 25.5 Å². The number of nitro benzene ring substituents is 2. The third-order valence-electron chi connectivity index (χ3n) is 3.97. The highest BCUT2D eigenvalue weighted by Crippen LogP contribution is 2.28. The van der Waals surface area contributed by atoms with Crippen molar-refractivity contribution in [2.24, 2.45) is 0 Å². The Hall–Kier alpha value is -3.65. The van der Waals surface area contributed by atoms with Crippen molar-refractivity contribution in [1.29, 1.82) is 0 Å². The van der Waals surface area contributed by atoms with Crippen molar-refractivity contribution in [1.82, 2.24) is 5.06 Å². The van der Waals surface area contributed by atoms with Gasteiger partial charge in [0.1, 0.15) is 5.69 Å². The van der Waals surface area contributed by atoms with Gasteiger partial charge in [-0.2, -0.15) is 0 Å². The number of imide groups is 1. The minimum atomic E-state index is -0.765. The second-order valence-electron chi connectivity index (χ2n) is 6.16. The number of hydrogen-bond donors (Lipinski definition) is 1. The predicted octanol–water partition coefficient (Wildman–Crippen LogP) is 0.945. The average molecular weight is 440 g/mol. The lowest BCUT2D eigenvalue weighted by molar-refractivity contribution is -0.393. The van der Waals surface area contributed by atoms with Gasteiger partial charge >= 0.3 is 5.97 Å². The van der Waals surface area contributed by atoms with Gasteiger partial charge in [-0.1, -0.05) is 0 Å². The second-order valence-corrected chi connectivity index (χ2v) is 6.16. The fraction of sp³-hybridized carbons (Fsp3) is 0.471. The summed E-state index contributed by atoms with van der Waals surface area (Å²) in [7, 11) is 0. The maximum absolute atomic E-state index is 11.6. The topological polar surface area (TPSA) is 180 Å². The van der Waals surface area contributed by atoms with E-state index >= 15 is 0 Å². The maximum atomic E-state index is 11.6. The molecule has 0 bridgehead atoms. The molecule has 0 saturated carbocycles. The molecule has 0 aromatic heterocycles. The van der Waals surface area contributed by atoms with Crippen molar-refractivity contribution in [3.8, 4) is 0 Å². The van der Waals surface area contributed by atoms with Gasteiger partial charge in [-0.05, 0) is 6.07 Å².